The van der Waals surface area contributed by atoms with Gasteiger partial charge in [0.1, 0.15) is 0 Å². The average molecular weight is 281 g/mol. The van der Waals surface area contributed by atoms with Crippen LogP contribution < -0.4 is 10.6 Å². The van der Waals surface area contributed by atoms with Crippen LogP contribution in [-0.2, 0) is 6.54 Å². The van der Waals surface area contributed by atoms with E-state index in [1.54, 1.807) is 11.3 Å². The maximum Gasteiger partial charge on any atom is 0.315 e. The Balaban J connectivity index is 1.88. The fourth-order valence-electron chi connectivity index (χ4n) is 1.58. The van der Waals surface area contributed by atoms with Gasteiger partial charge in [-0.1, -0.05) is 12.0 Å². The van der Waals surface area contributed by atoms with E-state index in [0.29, 0.717) is 18.5 Å². The highest BCUT2D eigenvalue weighted by atomic mass is 32.1. The lowest BCUT2D eigenvalue weighted by molar-refractivity contribution is 0.423. The second kappa shape index (κ2) is 6.63. The Hall–Kier alpha value is -1.47. The third kappa shape index (κ3) is 3.74. The largest absolute Gasteiger partial charge is 0.406 e. The minimum atomic E-state index is 0.0770. The fourth-order valence-corrected chi connectivity index (χ4v) is 2.30. The molecule has 7 heteroatoms. The summed E-state index contributed by atoms with van der Waals surface area (Å²) in [6.07, 6.45) is 1.08. The van der Waals surface area contributed by atoms with Gasteiger partial charge in [0, 0.05) is 4.88 Å². The highest BCUT2D eigenvalue weighted by Crippen LogP contribution is 2.17. The first kappa shape index (κ1) is 14.0. The van der Waals surface area contributed by atoms with Gasteiger partial charge in [-0.25, -0.2) is 4.98 Å². The van der Waals surface area contributed by atoms with Crippen molar-refractivity contribution in [3.05, 3.63) is 22.0 Å². The molecule has 0 radical (unpaired) electrons. The minimum Gasteiger partial charge on any atom is -0.406 e. The van der Waals surface area contributed by atoms with Gasteiger partial charge in [0.15, 0.2) is 0 Å². The van der Waals surface area contributed by atoms with Crippen molar-refractivity contribution in [2.24, 2.45) is 0 Å². The summed E-state index contributed by atoms with van der Waals surface area (Å²) in [5, 5.41) is 14.5. The van der Waals surface area contributed by atoms with E-state index < -0.39 is 0 Å². The van der Waals surface area contributed by atoms with Crippen molar-refractivity contribution >= 4 is 17.4 Å². The molecule has 0 fully saturated rings. The van der Waals surface area contributed by atoms with Crippen molar-refractivity contribution in [1.82, 2.24) is 20.5 Å². The molecular weight excluding hydrogens is 262 g/mol. The third-order valence-corrected chi connectivity index (χ3v) is 3.69. The smallest absolute Gasteiger partial charge is 0.315 e. The number of hydrogen-bond donors (Lipinski definition) is 2. The van der Waals surface area contributed by atoms with Gasteiger partial charge < -0.3 is 15.1 Å². The summed E-state index contributed by atoms with van der Waals surface area (Å²) < 4.78 is 5.57. The quantitative estimate of drug-likeness (QED) is 0.812. The van der Waals surface area contributed by atoms with Gasteiger partial charge in [0.2, 0.25) is 5.89 Å². The number of hydrogen-bond acceptors (Lipinski definition) is 7. The Bertz CT molecular complexity index is 510. The third-order valence-electron chi connectivity index (χ3n) is 2.76. The molecule has 2 heterocycles. The first-order chi connectivity index (χ1) is 9.20. The van der Waals surface area contributed by atoms with Crippen LogP contribution in [0.25, 0.3) is 0 Å². The number of thiazole rings is 1. The molecule has 0 spiro atoms. The monoisotopic (exact) mass is 281 g/mol. The Morgan fingerprint density at radius 3 is 2.95 bits per heavy atom. The van der Waals surface area contributed by atoms with Gasteiger partial charge in [0.05, 0.1) is 23.8 Å². The lowest BCUT2D eigenvalue weighted by Crippen LogP contribution is -2.19. The Kier molecular flexibility index (Phi) is 4.86. The molecule has 6 nitrogen and oxygen atoms in total. The van der Waals surface area contributed by atoms with Crippen LogP contribution in [0.3, 0.4) is 0 Å². The lowest BCUT2D eigenvalue weighted by atomic mass is 10.3. The number of nitrogens with one attached hydrogen (secondary N) is 2. The topological polar surface area (TPSA) is 75.9 Å². The summed E-state index contributed by atoms with van der Waals surface area (Å²) in [6, 6.07) is 0.529. The maximum atomic E-state index is 5.57. The first-order valence-corrected chi connectivity index (χ1v) is 7.28. The standard InChI is InChI=1S/C12H19N5OS/c1-4-5-13-9(3)11-16-17-12(18-11)14-6-10-8(2)15-7-19-10/h7,9,13H,4-6H2,1-3H3,(H,14,17). The van der Waals surface area contributed by atoms with E-state index in [1.165, 1.54) is 4.88 Å². The normalized spacial score (nSPS) is 12.6. The van der Waals surface area contributed by atoms with Crippen molar-refractivity contribution in [3.8, 4) is 0 Å². The molecule has 2 N–H and O–H groups in total. The van der Waals surface area contributed by atoms with Crippen LogP contribution in [0.4, 0.5) is 6.01 Å². The molecule has 0 aliphatic heterocycles. The molecule has 0 saturated heterocycles. The van der Waals surface area contributed by atoms with Crippen LogP contribution in [0.15, 0.2) is 9.93 Å². The first-order valence-electron chi connectivity index (χ1n) is 6.40. The second-order valence-corrected chi connectivity index (χ2v) is 5.28. The Labute approximate surface area is 116 Å². The van der Waals surface area contributed by atoms with Gasteiger partial charge in [-0.3, -0.25) is 0 Å². The van der Waals surface area contributed by atoms with Crippen molar-refractivity contribution in [3.63, 3.8) is 0 Å². The Morgan fingerprint density at radius 1 is 1.42 bits per heavy atom. The average Bonchev–Trinajstić information content (AvgIpc) is 3.02. The molecule has 1 atom stereocenters. The zero-order valence-corrected chi connectivity index (χ0v) is 12.3. The summed E-state index contributed by atoms with van der Waals surface area (Å²) >= 11 is 1.62. The number of nitrogens with zero attached hydrogens (tertiary/aromatic N) is 3. The lowest BCUT2D eigenvalue weighted by Gasteiger charge is -2.07. The maximum absolute atomic E-state index is 5.57. The summed E-state index contributed by atoms with van der Waals surface area (Å²) in [6.45, 7) is 7.73. The zero-order valence-electron chi connectivity index (χ0n) is 11.4. The molecule has 2 aromatic heterocycles. The Morgan fingerprint density at radius 2 is 2.26 bits per heavy atom. The molecule has 104 valence electrons. The highest BCUT2D eigenvalue weighted by molar-refractivity contribution is 7.09. The second-order valence-electron chi connectivity index (χ2n) is 4.34. The molecule has 0 saturated carbocycles. The van der Waals surface area contributed by atoms with Gasteiger partial charge in [-0.2, -0.15) is 0 Å². The molecule has 0 aliphatic rings. The van der Waals surface area contributed by atoms with E-state index in [1.807, 2.05) is 19.4 Å². The van der Waals surface area contributed by atoms with Crippen LogP contribution in [-0.4, -0.2) is 21.7 Å². The summed E-state index contributed by atoms with van der Waals surface area (Å²) in [4.78, 5) is 5.38. The summed E-state index contributed by atoms with van der Waals surface area (Å²) in [5.41, 5.74) is 2.87. The van der Waals surface area contributed by atoms with Crippen molar-refractivity contribution in [1.29, 1.82) is 0 Å². The number of aromatic nitrogens is 3. The van der Waals surface area contributed by atoms with E-state index in [2.05, 4.69) is 32.7 Å². The van der Waals surface area contributed by atoms with Crippen molar-refractivity contribution in [2.45, 2.75) is 39.8 Å². The molecule has 19 heavy (non-hydrogen) atoms. The van der Waals surface area contributed by atoms with Gasteiger partial charge in [-0.05, 0) is 26.8 Å². The molecule has 1 unspecified atom stereocenters. The van der Waals surface area contributed by atoms with E-state index in [-0.39, 0.29) is 6.04 Å². The summed E-state index contributed by atoms with van der Waals surface area (Å²) in [7, 11) is 0. The van der Waals surface area contributed by atoms with Crippen LogP contribution in [0, 0.1) is 6.92 Å². The van der Waals surface area contributed by atoms with E-state index >= 15 is 0 Å². The SMILES string of the molecule is CCCNC(C)c1nnc(NCc2scnc2C)o1. The van der Waals surface area contributed by atoms with Crippen LogP contribution in [0.1, 0.15) is 42.8 Å². The van der Waals surface area contributed by atoms with Gasteiger partial charge >= 0.3 is 6.01 Å². The number of aryl methyl sites for hydroxylation is 1. The van der Waals surface area contributed by atoms with E-state index in [4.69, 9.17) is 4.42 Å². The number of anilines is 1. The molecule has 0 amide bonds. The zero-order chi connectivity index (χ0) is 13.7. The fraction of sp³-hybridized carbons (Fsp3) is 0.583. The van der Waals surface area contributed by atoms with Gasteiger partial charge in [-0.15, -0.1) is 16.4 Å². The van der Waals surface area contributed by atoms with Crippen LogP contribution in [0.5, 0.6) is 0 Å². The molecule has 0 bridgehead atoms. The van der Waals surface area contributed by atoms with Crippen molar-refractivity contribution < 1.29 is 4.42 Å². The van der Waals surface area contributed by atoms with Crippen LogP contribution >= 0.6 is 11.3 Å². The summed E-state index contributed by atoms with van der Waals surface area (Å²) in [5.74, 6) is 0.608. The molecule has 2 rings (SSSR count). The molecule has 0 aliphatic carbocycles. The molecular formula is C12H19N5OS. The predicted octanol–water partition coefficient (Wildman–Crippen LogP) is 2.51. The molecule has 0 aromatic carbocycles. The number of rotatable bonds is 7. The van der Waals surface area contributed by atoms with E-state index in [9.17, 15) is 0 Å². The highest BCUT2D eigenvalue weighted by Gasteiger charge is 2.13. The van der Waals surface area contributed by atoms with Crippen molar-refractivity contribution in [2.75, 3.05) is 11.9 Å². The van der Waals surface area contributed by atoms with Crippen LogP contribution in [0.2, 0.25) is 0 Å². The van der Waals surface area contributed by atoms with Gasteiger partial charge in [0.25, 0.3) is 0 Å². The predicted molar refractivity (Wildman–Crippen MR) is 75.2 cm³/mol. The minimum absolute atomic E-state index is 0.0770. The van der Waals surface area contributed by atoms with E-state index in [0.717, 1.165) is 18.7 Å². The molecule has 2 aromatic rings.